The van der Waals surface area contributed by atoms with Crippen LogP contribution in [0.25, 0.3) is 0 Å². The summed E-state index contributed by atoms with van der Waals surface area (Å²) in [5, 5.41) is 2.67. The average Bonchev–Trinajstić information content (AvgIpc) is 2.50. The van der Waals surface area contributed by atoms with Gasteiger partial charge in [0.15, 0.2) is 0 Å². The van der Waals surface area contributed by atoms with Crippen LogP contribution in [0.3, 0.4) is 0 Å². The molecule has 0 bridgehead atoms. The Labute approximate surface area is 123 Å². The maximum absolute atomic E-state index is 11.1. The molecule has 0 aromatic heterocycles. The zero-order chi connectivity index (χ0) is 14.2. The minimum Gasteiger partial charge on any atom is -0.493 e. The van der Waals surface area contributed by atoms with Gasteiger partial charge in [-0.15, -0.1) is 11.6 Å². The molecule has 0 unspecified atom stereocenters. The third-order valence-electron chi connectivity index (χ3n) is 2.76. The number of alkyl halides is 1. The van der Waals surface area contributed by atoms with Gasteiger partial charge in [-0.3, -0.25) is 4.79 Å². The van der Waals surface area contributed by atoms with Gasteiger partial charge in [0.25, 0.3) is 0 Å². The van der Waals surface area contributed by atoms with Crippen LogP contribution in [-0.2, 0) is 11.2 Å². The highest BCUT2D eigenvalue weighted by atomic mass is 35.5. The van der Waals surface area contributed by atoms with E-state index < -0.39 is 0 Å². The van der Waals surface area contributed by atoms with Crippen molar-refractivity contribution in [2.45, 2.75) is 6.42 Å². The SMILES string of the molecule is O=C(CCl)Nc1ccc(OCCc2ccccc2)cc1. The summed E-state index contributed by atoms with van der Waals surface area (Å²) in [7, 11) is 0. The molecule has 3 nitrogen and oxygen atoms in total. The molecule has 0 saturated heterocycles. The minimum atomic E-state index is -0.218. The highest BCUT2D eigenvalue weighted by Crippen LogP contribution is 2.16. The van der Waals surface area contributed by atoms with Crippen LogP contribution < -0.4 is 10.1 Å². The molecule has 1 amide bonds. The van der Waals surface area contributed by atoms with Gasteiger partial charge in [-0.25, -0.2) is 0 Å². The number of anilines is 1. The first-order valence-electron chi connectivity index (χ1n) is 6.40. The Morgan fingerprint density at radius 3 is 2.40 bits per heavy atom. The lowest BCUT2D eigenvalue weighted by Crippen LogP contribution is -2.12. The molecule has 0 saturated carbocycles. The van der Waals surface area contributed by atoms with Crippen molar-refractivity contribution in [1.29, 1.82) is 0 Å². The van der Waals surface area contributed by atoms with Crippen molar-refractivity contribution < 1.29 is 9.53 Å². The Hall–Kier alpha value is -2.00. The van der Waals surface area contributed by atoms with Crippen LogP contribution in [0.1, 0.15) is 5.56 Å². The second-order valence-electron chi connectivity index (χ2n) is 4.29. The second-order valence-corrected chi connectivity index (χ2v) is 4.56. The van der Waals surface area contributed by atoms with E-state index in [0.29, 0.717) is 12.3 Å². The topological polar surface area (TPSA) is 38.3 Å². The summed E-state index contributed by atoms with van der Waals surface area (Å²) in [5.74, 6) is 0.518. The molecule has 0 aliphatic heterocycles. The van der Waals surface area contributed by atoms with Crippen molar-refractivity contribution >= 4 is 23.2 Å². The van der Waals surface area contributed by atoms with Gasteiger partial charge < -0.3 is 10.1 Å². The van der Waals surface area contributed by atoms with E-state index in [9.17, 15) is 4.79 Å². The first kappa shape index (κ1) is 14.4. The number of hydrogen-bond acceptors (Lipinski definition) is 2. The van der Waals surface area contributed by atoms with E-state index in [0.717, 1.165) is 12.2 Å². The summed E-state index contributed by atoms with van der Waals surface area (Å²) in [5.41, 5.74) is 1.96. The van der Waals surface area contributed by atoms with Crippen LogP contribution in [-0.4, -0.2) is 18.4 Å². The van der Waals surface area contributed by atoms with E-state index in [2.05, 4.69) is 17.4 Å². The van der Waals surface area contributed by atoms with Crippen molar-refractivity contribution in [1.82, 2.24) is 0 Å². The fourth-order valence-corrected chi connectivity index (χ4v) is 1.83. The van der Waals surface area contributed by atoms with Gasteiger partial charge in [0.1, 0.15) is 11.6 Å². The van der Waals surface area contributed by atoms with Crippen LogP contribution in [0.15, 0.2) is 54.6 Å². The zero-order valence-electron chi connectivity index (χ0n) is 11.0. The molecule has 0 aliphatic carbocycles. The molecule has 104 valence electrons. The van der Waals surface area contributed by atoms with Crippen molar-refractivity contribution in [3.8, 4) is 5.75 Å². The number of halogens is 1. The molecular formula is C16H16ClNO2. The molecule has 0 fully saturated rings. The standard InChI is InChI=1S/C16H16ClNO2/c17-12-16(19)18-14-6-8-15(9-7-14)20-11-10-13-4-2-1-3-5-13/h1-9H,10-12H2,(H,18,19). The van der Waals surface area contributed by atoms with Crippen molar-refractivity contribution in [3.63, 3.8) is 0 Å². The average molecular weight is 290 g/mol. The maximum atomic E-state index is 11.1. The van der Waals surface area contributed by atoms with Gasteiger partial charge in [0.2, 0.25) is 5.91 Å². The van der Waals surface area contributed by atoms with Crippen LogP contribution in [0.5, 0.6) is 5.75 Å². The molecule has 0 radical (unpaired) electrons. The molecule has 2 rings (SSSR count). The molecule has 0 aliphatic rings. The number of hydrogen-bond donors (Lipinski definition) is 1. The third-order valence-corrected chi connectivity index (χ3v) is 3.00. The van der Waals surface area contributed by atoms with E-state index in [1.165, 1.54) is 5.56 Å². The lowest BCUT2D eigenvalue weighted by Gasteiger charge is -2.08. The Morgan fingerprint density at radius 2 is 1.75 bits per heavy atom. The monoisotopic (exact) mass is 289 g/mol. The molecule has 0 atom stereocenters. The van der Waals surface area contributed by atoms with Crippen molar-refractivity contribution in [2.24, 2.45) is 0 Å². The highest BCUT2D eigenvalue weighted by molar-refractivity contribution is 6.29. The van der Waals surface area contributed by atoms with Gasteiger partial charge in [0.05, 0.1) is 6.61 Å². The number of rotatable bonds is 6. The van der Waals surface area contributed by atoms with Gasteiger partial charge in [0, 0.05) is 12.1 Å². The third kappa shape index (κ3) is 4.59. The fraction of sp³-hybridized carbons (Fsp3) is 0.188. The first-order valence-corrected chi connectivity index (χ1v) is 6.94. The second kappa shape index (κ2) is 7.56. The van der Waals surface area contributed by atoms with Crippen molar-refractivity contribution in [3.05, 3.63) is 60.2 Å². The number of benzene rings is 2. The molecule has 2 aromatic carbocycles. The Balaban J connectivity index is 1.80. The zero-order valence-corrected chi connectivity index (χ0v) is 11.8. The van der Waals surface area contributed by atoms with Crippen LogP contribution >= 0.6 is 11.6 Å². The largest absolute Gasteiger partial charge is 0.493 e. The number of amides is 1. The van der Waals surface area contributed by atoms with Crippen molar-refractivity contribution in [2.75, 3.05) is 17.8 Å². The summed E-state index contributed by atoms with van der Waals surface area (Å²) in [6.07, 6.45) is 0.867. The predicted octanol–water partition coefficient (Wildman–Crippen LogP) is 3.49. The van der Waals surface area contributed by atoms with Crippen LogP contribution in [0.4, 0.5) is 5.69 Å². The summed E-state index contributed by atoms with van der Waals surface area (Å²) in [4.78, 5) is 11.1. The summed E-state index contributed by atoms with van der Waals surface area (Å²) < 4.78 is 5.66. The molecule has 2 aromatic rings. The lowest BCUT2D eigenvalue weighted by atomic mass is 10.2. The molecule has 0 heterocycles. The molecular weight excluding hydrogens is 274 g/mol. The Morgan fingerprint density at radius 1 is 1.05 bits per heavy atom. The number of nitrogens with one attached hydrogen (secondary N) is 1. The van der Waals surface area contributed by atoms with E-state index in [-0.39, 0.29) is 11.8 Å². The first-order chi connectivity index (χ1) is 9.78. The normalized spacial score (nSPS) is 10.1. The lowest BCUT2D eigenvalue weighted by molar-refractivity contribution is -0.113. The Bertz CT molecular complexity index is 540. The number of carbonyl (C=O) groups excluding carboxylic acids is 1. The quantitative estimate of drug-likeness (QED) is 0.827. The molecule has 1 N–H and O–H groups in total. The molecule has 0 spiro atoms. The number of ether oxygens (including phenoxy) is 1. The minimum absolute atomic E-state index is 0.0463. The van der Waals surface area contributed by atoms with Gasteiger partial charge >= 0.3 is 0 Å². The fourth-order valence-electron chi connectivity index (χ4n) is 1.76. The molecule has 4 heteroatoms. The predicted molar refractivity (Wildman–Crippen MR) is 81.4 cm³/mol. The number of carbonyl (C=O) groups is 1. The Kier molecular flexibility index (Phi) is 5.44. The summed E-state index contributed by atoms with van der Waals surface area (Å²) in [6, 6.07) is 17.4. The summed E-state index contributed by atoms with van der Waals surface area (Å²) in [6.45, 7) is 0.622. The van der Waals surface area contributed by atoms with E-state index in [4.69, 9.17) is 16.3 Å². The maximum Gasteiger partial charge on any atom is 0.239 e. The van der Waals surface area contributed by atoms with Gasteiger partial charge in [-0.05, 0) is 29.8 Å². The van der Waals surface area contributed by atoms with E-state index in [1.807, 2.05) is 30.3 Å². The molecule has 20 heavy (non-hydrogen) atoms. The van der Waals surface area contributed by atoms with E-state index in [1.54, 1.807) is 12.1 Å². The highest BCUT2D eigenvalue weighted by Gasteiger charge is 2.00. The van der Waals surface area contributed by atoms with E-state index >= 15 is 0 Å². The smallest absolute Gasteiger partial charge is 0.239 e. The van der Waals surface area contributed by atoms with Gasteiger partial charge in [-0.1, -0.05) is 30.3 Å². The van der Waals surface area contributed by atoms with Gasteiger partial charge in [-0.2, -0.15) is 0 Å². The van der Waals surface area contributed by atoms with Crippen LogP contribution in [0.2, 0.25) is 0 Å². The summed E-state index contributed by atoms with van der Waals surface area (Å²) >= 11 is 5.42. The van der Waals surface area contributed by atoms with Crippen LogP contribution in [0, 0.1) is 0 Å².